The number of aromatic nitrogens is 1. The van der Waals surface area contributed by atoms with Gasteiger partial charge in [0.15, 0.2) is 4.80 Å². The van der Waals surface area contributed by atoms with Gasteiger partial charge in [-0.3, -0.25) is 9.36 Å². The summed E-state index contributed by atoms with van der Waals surface area (Å²) in [4.78, 5) is 34.0. The maximum Gasteiger partial charge on any atom is 0.338 e. The van der Waals surface area contributed by atoms with E-state index in [1.54, 1.807) is 30.5 Å². The van der Waals surface area contributed by atoms with Gasteiger partial charge in [0, 0.05) is 23.8 Å². The Bertz CT molecular complexity index is 1430. The van der Waals surface area contributed by atoms with Gasteiger partial charge in [-0.15, -0.1) is 0 Å². The van der Waals surface area contributed by atoms with Crippen LogP contribution in [0.1, 0.15) is 44.9 Å². The number of anilines is 1. The van der Waals surface area contributed by atoms with Gasteiger partial charge in [0.1, 0.15) is 0 Å². The first kappa shape index (κ1) is 24.9. The van der Waals surface area contributed by atoms with Crippen LogP contribution in [-0.2, 0) is 9.53 Å². The van der Waals surface area contributed by atoms with Gasteiger partial charge in [0.2, 0.25) is 0 Å². The number of ether oxygens (including phenoxy) is 1. The van der Waals surface area contributed by atoms with Gasteiger partial charge in [0.25, 0.3) is 5.56 Å². The van der Waals surface area contributed by atoms with Crippen LogP contribution in [0.4, 0.5) is 5.69 Å². The number of thiazole rings is 1. The predicted octanol–water partition coefficient (Wildman–Crippen LogP) is 4.30. The molecule has 4 rings (SSSR count). The van der Waals surface area contributed by atoms with Gasteiger partial charge < -0.3 is 9.64 Å². The number of allylic oxidation sites excluding steroid dienone is 1. The molecule has 0 saturated heterocycles. The standard InChI is InChI=1S/C27H28ClN3O3S/c1-5-30(6-2)21-14-8-18(9-15-21)16-22-25(32)31-24(19-10-12-20(28)13-11-19)23(26(33)34-7-3)17(4)29-27(31)35-22/h8-16,24H,5-7H2,1-4H3/b22-16+/t24-/m1/s1. The highest BCUT2D eigenvalue weighted by Gasteiger charge is 2.33. The van der Waals surface area contributed by atoms with E-state index in [1.165, 1.54) is 11.3 Å². The summed E-state index contributed by atoms with van der Waals surface area (Å²) in [7, 11) is 0. The molecule has 2 heterocycles. The second kappa shape index (κ2) is 10.6. The summed E-state index contributed by atoms with van der Waals surface area (Å²) >= 11 is 7.42. The molecule has 0 amide bonds. The number of nitrogens with zero attached hydrogens (tertiary/aromatic N) is 3. The van der Waals surface area contributed by atoms with E-state index in [-0.39, 0.29) is 12.2 Å². The third-order valence-corrected chi connectivity index (χ3v) is 7.26. The Hall–Kier alpha value is -3.16. The van der Waals surface area contributed by atoms with Crippen LogP contribution in [0.25, 0.3) is 6.08 Å². The molecule has 0 bridgehead atoms. The summed E-state index contributed by atoms with van der Waals surface area (Å²) in [5.74, 6) is -0.477. The van der Waals surface area contributed by atoms with Crippen LogP contribution >= 0.6 is 22.9 Å². The number of hydrogen-bond donors (Lipinski definition) is 0. The first-order valence-corrected chi connectivity index (χ1v) is 12.9. The zero-order valence-electron chi connectivity index (χ0n) is 20.2. The van der Waals surface area contributed by atoms with E-state index < -0.39 is 12.0 Å². The Morgan fingerprint density at radius 3 is 2.37 bits per heavy atom. The fourth-order valence-electron chi connectivity index (χ4n) is 4.27. The third-order valence-electron chi connectivity index (χ3n) is 6.02. The average Bonchev–Trinajstić information content (AvgIpc) is 3.15. The molecule has 0 N–H and O–H groups in total. The van der Waals surface area contributed by atoms with Gasteiger partial charge >= 0.3 is 5.97 Å². The van der Waals surface area contributed by atoms with E-state index in [0.717, 1.165) is 29.9 Å². The van der Waals surface area contributed by atoms with Crippen molar-refractivity contribution in [2.24, 2.45) is 4.99 Å². The van der Waals surface area contributed by atoms with E-state index in [2.05, 4.69) is 35.9 Å². The number of halogens is 1. The molecular formula is C27H28ClN3O3S. The Morgan fingerprint density at radius 2 is 1.77 bits per heavy atom. The van der Waals surface area contributed by atoms with Crippen molar-refractivity contribution < 1.29 is 9.53 Å². The van der Waals surface area contributed by atoms with Crippen molar-refractivity contribution in [2.75, 3.05) is 24.6 Å². The number of esters is 1. The summed E-state index contributed by atoms with van der Waals surface area (Å²) in [6, 6.07) is 14.7. The number of rotatable bonds is 7. The fraction of sp³-hybridized carbons (Fsp3) is 0.296. The largest absolute Gasteiger partial charge is 0.463 e. The zero-order valence-corrected chi connectivity index (χ0v) is 21.8. The first-order valence-electron chi connectivity index (χ1n) is 11.7. The number of fused-ring (bicyclic) bond motifs is 1. The smallest absolute Gasteiger partial charge is 0.338 e. The van der Waals surface area contributed by atoms with E-state index in [0.29, 0.717) is 25.6 Å². The lowest BCUT2D eigenvalue weighted by atomic mass is 9.96. The van der Waals surface area contributed by atoms with Crippen molar-refractivity contribution in [1.29, 1.82) is 0 Å². The molecule has 0 radical (unpaired) electrons. The van der Waals surface area contributed by atoms with E-state index in [1.807, 2.05) is 30.3 Å². The maximum atomic E-state index is 13.6. The summed E-state index contributed by atoms with van der Waals surface area (Å²) in [5, 5.41) is 0.577. The zero-order chi connectivity index (χ0) is 25.1. The average molecular weight is 510 g/mol. The lowest BCUT2D eigenvalue weighted by Crippen LogP contribution is -2.39. The monoisotopic (exact) mass is 509 g/mol. The molecule has 1 atom stereocenters. The van der Waals surface area contributed by atoms with Crippen molar-refractivity contribution >= 4 is 40.7 Å². The van der Waals surface area contributed by atoms with Gasteiger partial charge in [-0.1, -0.05) is 47.2 Å². The fourth-order valence-corrected chi connectivity index (χ4v) is 5.45. The lowest BCUT2D eigenvalue weighted by molar-refractivity contribution is -0.139. The summed E-state index contributed by atoms with van der Waals surface area (Å²) in [6.45, 7) is 9.88. The summed E-state index contributed by atoms with van der Waals surface area (Å²) in [5.41, 5.74) is 3.54. The number of carbonyl (C=O) groups excluding carboxylic acids is 1. The molecule has 0 saturated carbocycles. The summed E-state index contributed by atoms with van der Waals surface area (Å²) in [6.07, 6.45) is 1.87. The minimum absolute atomic E-state index is 0.198. The maximum absolute atomic E-state index is 13.6. The third kappa shape index (κ3) is 4.97. The Balaban J connectivity index is 1.85. The molecule has 182 valence electrons. The van der Waals surface area contributed by atoms with Crippen LogP contribution in [0.2, 0.25) is 5.02 Å². The normalized spacial score (nSPS) is 15.6. The van der Waals surface area contributed by atoms with Gasteiger partial charge in [-0.05, 0) is 69.2 Å². The highest BCUT2D eigenvalue weighted by atomic mass is 35.5. The molecular weight excluding hydrogens is 482 g/mol. The first-order chi connectivity index (χ1) is 16.9. The molecule has 8 heteroatoms. The SMILES string of the molecule is CCOC(=O)C1=C(C)N=c2s/c(=C/c3ccc(N(CC)CC)cc3)c(=O)n2[C@@H]1c1ccc(Cl)cc1. The Morgan fingerprint density at radius 1 is 1.11 bits per heavy atom. The van der Waals surface area contributed by atoms with Crippen molar-refractivity contribution in [3.05, 3.63) is 95.6 Å². The van der Waals surface area contributed by atoms with Crippen LogP contribution < -0.4 is 19.8 Å². The molecule has 2 aromatic carbocycles. The molecule has 0 spiro atoms. The predicted molar refractivity (Wildman–Crippen MR) is 142 cm³/mol. The molecule has 1 aliphatic heterocycles. The van der Waals surface area contributed by atoms with E-state index in [4.69, 9.17) is 16.3 Å². The molecule has 3 aromatic rings. The van der Waals surface area contributed by atoms with Crippen LogP contribution in [0.5, 0.6) is 0 Å². The van der Waals surface area contributed by atoms with Crippen molar-refractivity contribution in [1.82, 2.24) is 4.57 Å². The van der Waals surface area contributed by atoms with Crippen LogP contribution in [0, 0.1) is 0 Å². The highest BCUT2D eigenvalue weighted by molar-refractivity contribution is 7.07. The van der Waals surface area contributed by atoms with E-state index >= 15 is 0 Å². The lowest BCUT2D eigenvalue weighted by Gasteiger charge is -2.24. The molecule has 1 aliphatic rings. The molecule has 0 fully saturated rings. The van der Waals surface area contributed by atoms with Crippen molar-refractivity contribution in [3.63, 3.8) is 0 Å². The molecule has 0 aliphatic carbocycles. The molecule has 6 nitrogen and oxygen atoms in total. The van der Waals surface area contributed by atoms with Crippen LogP contribution in [-0.4, -0.2) is 30.2 Å². The number of carbonyl (C=O) groups is 1. The van der Waals surface area contributed by atoms with Gasteiger partial charge in [-0.25, -0.2) is 9.79 Å². The molecule has 1 aromatic heterocycles. The number of benzene rings is 2. The van der Waals surface area contributed by atoms with Gasteiger partial charge in [0.05, 0.1) is 28.5 Å². The minimum atomic E-state index is -0.644. The molecule has 35 heavy (non-hydrogen) atoms. The molecule has 0 unspecified atom stereocenters. The summed E-state index contributed by atoms with van der Waals surface area (Å²) < 4.78 is 7.47. The Kier molecular flexibility index (Phi) is 7.57. The number of hydrogen-bond acceptors (Lipinski definition) is 6. The Labute approximate surface area is 213 Å². The van der Waals surface area contributed by atoms with Crippen molar-refractivity contribution in [3.8, 4) is 0 Å². The quantitative estimate of drug-likeness (QED) is 0.445. The van der Waals surface area contributed by atoms with Crippen LogP contribution in [0.15, 0.2) is 69.6 Å². The van der Waals surface area contributed by atoms with Crippen molar-refractivity contribution in [2.45, 2.75) is 33.7 Å². The second-order valence-corrected chi connectivity index (χ2v) is 9.56. The van der Waals surface area contributed by atoms with Crippen LogP contribution in [0.3, 0.4) is 0 Å². The highest BCUT2D eigenvalue weighted by Crippen LogP contribution is 2.31. The van der Waals surface area contributed by atoms with Gasteiger partial charge in [-0.2, -0.15) is 0 Å². The second-order valence-electron chi connectivity index (χ2n) is 8.12. The minimum Gasteiger partial charge on any atom is -0.463 e. The topological polar surface area (TPSA) is 63.9 Å². The van der Waals surface area contributed by atoms with E-state index in [9.17, 15) is 9.59 Å².